The number of carbonyl (C=O) groups is 2. The van der Waals surface area contributed by atoms with E-state index in [4.69, 9.17) is 14.2 Å². The fraction of sp³-hybridized carbons (Fsp3) is 0.429. The monoisotopic (exact) mass is 481 g/mol. The van der Waals surface area contributed by atoms with Crippen LogP contribution in [0.15, 0.2) is 42.0 Å². The van der Waals surface area contributed by atoms with Crippen LogP contribution in [0, 0.1) is 6.92 Å². The van der Waals surface area contributed by atoms with E-state index in [-0.39, 0.29) is 36.5 Å². The van der Waals surface area contributed by atoms with Crippen molar-refractivity contribution in [1.82, 2.24) is 4.90 Å². The molecule has 0 radical (unpaired) electrons. The first-order valence-corrected chi connectivity index (χ1v) is 11.8. The number of ether oxygens (including phenoxy) is 3. The van der Waals surface area contributed by atoms with Crippen molar-refractivity contribution in [3.05, 3.63) is 64.2 Å². The summed E-state index contributed by atoms with van der Waals surface area (Å²) >= 11 is 0. The van der Waals surface area contributed by atoms with E-state index in [2.05, 4.69) is 0 Å². The molecule has 35 heavy (non-hydrogen) atoms. The van der Waals surface area contributed by atoms with Crippen molar-refractivity contribution in [3.63, 3.8) is 0 Å². The number of hydrogen-bond donors (Lipinski definition) is 1. The lowest BCUT2D eigenvalue weighted by Crippen LogP contribution is -2.33. The lowest BCUT2D eigenvalue weighted by Gasteiger charge is -2.27. The molecular formula is C28H35NO6. The van der Waals surface area contributed by atoms with Crippen LogP contribution >= 0.6 is 0 Å². The van der Waals surface area contributed by atoms with E-state index in [0.29, 0.717) is 22.6 Å². The number of ketones is 1. The standard InChI is InChI=1S/C28H35NO6/c1-16(2)20-15-21(18(5)14-23(20)34-7)26(30)24-25(29(12-13-33-6)28(32)27(24)31)19-10-8-9-11-22(19)35-17(3)4/h8-11,14-17,25,30H,12-13H2,1-7H3/b26-24+. The van der Waals surface area contributed by atoms with Gasteiger partial charge in [-0.15, -0.1) is 0 Å². The Bertz CT molecular complexity index is 1130. The van der Waals surface area contributed by atoms with E-state index < -0.39 is 17.7 Å². The lowest BCUT2D eigenvalue weighted by molar-refractivity contribution is -0.140. The highest BCUT2D eigenvalue weighted by Crippen LogP contribution is 2.44. The molecule has 1 N–H and O–H groups in total. The first-order valence-electron chi connectivity index (χ1n) is 11.8. The third kappa shape index (κ3) is 5.20. The highest BCUT2D eigenvalue weighted by atomic mass is 16.5. The number of benzene rings is 2. The molecule has 7 nitrogen and oxygen atoms in total. The van der Waals surface area contributed by atoms with Crippen LogP contribution in [-0.2, 0) is 14.3 Å². The number of Topliss-reactive ketones (excluding diaryl/α,β-unsaturated/α-hetero) is 1. The van der Waals surface area contributed by atoms with Crippen LogP contribution in [0.5, 0.6) is 11.5 Å². The minimum atomic E-state index is -0.816. The van der Waals surface area contributed by atoms with Gasteiger partial charge in [0.05, 0.1) is 31.4 Å². The van der Waals surface area contributed by atoms with E-state index in [9.17, 15) is 14.7 Å². The second-order valence-corrected chi connectivity index (χ2v) is 9.25. The van der Waals surface area contributed by atoms with Gasteiger partial charge in [-0.25, -0.2) is 0 Å². The summed E-state index contributed by atoms with van der Waals surface area (Å²) in [5.41, 5.74) is 2.79. The largest absolute Gasteiger partial charge is 0.507 e. The van der Waals surface area contributed by atoms with Crippen molar-refractivity contribution < 1.29 is 28.9 Å². The Labute approximate surface area is 207 Å². The number of para-hydroxylation sites is 1. The molecule has 1 fully saturated rings. The summed E-state index contributed by atoms with van der Waals surface area (Å²) in [6, 6.07) is 10.2. The van der Waals surface area contributed by atoms with Crippen molar-refractivity contribution >= 4 is 17.4 Å². The van der Waals surface area contributed by atoms with Gasteiger partial charge in [0.15, 0.2) is 0 Å². The van der Waals surface area contributed by atoms with E-state index in [1.807, 2.05) is 65.0 Å². The highest BCUT2D eigenvalue weighted by Gasteiger charge is 2.47. The van der Waals surface area contributed by atoms with Crippen LogP contribution in [0.3, 0.4) is 0 Å². The molecule has 1 aliphatic heterocycles. The normalized spacial score (nSPS) is 17.5. The number of aliphatic hydroxyl groups excluding tert-OH is 1. The smallest absolute Gasteiger partial charge is 0.295 e. The quantitative estimate of drug-likeness (QED) is 0.309. The third-order valence-corrected chi connectivity index (χ3v) is 6.11. The van der Waals surface area contributed by atoms with Gasteiger partial charge in [-0.1, -0.05) is 32.0 Å². The highest BCUT2D eigenvalue weighted by molar-refractivity contribution is 6.46. The summed E-state index contributed by atoms with van der Waals surface area (Å²) in [7, 11) is 3.14. The molecule has 0 aliphatic carbocycles. The van der Waals surface area contributed by atoms with E-state index >= 15 is 0 Å². The van der Waals surface area contributed by atoms with Crippen LogP contribution in [-0.4, -0.2) is 55.2 Å². The van der Waals surface area contributed by atoms with Crippen LogP contribution < -0.4 is 9.47 Å². The zero-order chi connectivity index (χ0) is 25.9. The average Bonchev–Trinajstić information content (AvgIpc) is 3.06. The maximum absolute atomic E-state index is 13.3. The first-order chi connectivity index (χ1) is 16.6. The number of aryl methyl sites for hydroxylation is 1. The Morgan fingerprint density at radius 2 is 1.74 bits per heavy atom. The van der Waals surface area contributed by atoms with E-state index in [1.54, 1.807) is 13.2 Å². The summed E-state index contributed by atoms with van der Waals surface area (Å²) in [5.74, 6) is -0.238. The summed E-state index contributed by atoms with van der Waals surface area (Å²) < 4.78 is 16.8. The number of likely N-dealkylation sites (tertiary alicyclic amines) is 1. The molecule has 0 bridgehead atoms. The number of aliphatic hydroxyl groups is 1. The average molecular weight is 482 g/mol. The van der Waals surface area contributed by atoms with Gasteiger partial charge in [-0.05, 0) is 56.0 Å². The Balaban J connectivity index is 2.29. The predicted molar refractivity (Wildman–Crippen MR) is 135 cm³/mol. The molecule has 1 atom stereocenters. The maximum Gasteiger partial charge on any atom is 0.295 e. The molecule has 1 amide bonds. The fourth-order valence-electron chi connectivity index (χ4n) is 4.42. The van der Waals surface area contributed by atoms with Gasteiger partial charge in [0.1, 0.15) is 17.3 Å². The number of methoxy groups -OCH3 is 2. The number of nitrogens with zero attached hydrogens (tertiary/aromatic N) is 1. The molecule has 0 spiro atoms. The lowest BCUT2D eigenvalue weighted by atomic mass is 9.90. The molecule has 188 valence electrons. The molecule has 0 aromatic heterocycles. The van der Waals surface area contributed by atoms with Gasteiger partial charge in [0.25, 0.3) is 11.7 Å². The molecular weight excluding hydrogens is 446 g/mol. The number of carbonyl (C=O) groups excluding carboxylic acids is 2. The fourth-order valence-corrected chi connectivity index (χ4v) is 4.42. The van der Waals surface area contributed by atoms with Gasteiger partial charge in [-0.3, -0.25) is 9.59 Å². The van der Waals surface area contributed by atoms with Crippen molar-refractivity contribution in [2.24, 2.45) is 0 Å². The predicted octanol–water partition coefficient (Wildman–Crippen LogP) is 4.98. The third-order valence-electron chi connectivity index (χ3n) is 6.11. The van der Waals surface area contributed by atoms with Crippen molar-refractivity contribution in [3.8, 4) is 11.5 Å². The molecule has 0 saturated carbocycles. The summed E-state index contributed by atoms with van der Waals surface area (Å²) in [6.07, 6.45) is -0.116. The van der Waals surface area contributed by atoms with Gasteiger partial charge in [0.2, 0.25) is 0 Å². The van der Waals surface area contributed by atoms with E-state index in [1.165, 1.54) is 12.0 Å². The summed E-state index contributed by atoms with van der Waals surface area (Å²) in [5, 5.41) is 11.6. The Morgan fingerprint density at radius 3 is 2.34 bits per heavy atom. The van der Waals surface area contributed by atoms with Crippen molar-refractivity contribution in [2.75, 3.05) is 27.4 Å². The molecule has 3 rings (SSSR count). The Morgan fingerprint density at radius 1 is 1.06 bits per heavy atom. The second kappa shape index (κ2) is 11.0. The zero-order valence-corrected chi connectivity index (χ0v) is 21.5. The number of hydrogen-bond acceptors (Lipinski definition) is 6. The van der Waals surface area contributed by atoms with Crippen molar-refractivity contribution in [1.29, 1.82) is 0 Å². The molecule has 2 aromatic carbocycles. The summed E-state index contributed by atoms with van der Waals surface area (Å²) in [6.45, 7) is 10.2. The maximum atomic E-state index is 13.3. The molecule has 1 heterocycles. The van der Waals surface area contributed by atoms with Crippen LogP contribution in [0.25, 0.3) is 5.76 Å². The molecule has 2 aromatic rings. The van der Waals surface area contributed by atoms with Crippen molar-refractivity contribution in [2.45, 2.75) is 52.7 Å². The topological polar surface area (TPSA) is 85.3 Å². The van der Waals surface area contributed by atoms with Gasteiger partial charge in [0, 0.05) is 24.8 Å². The van der Waals surface area contributed by atoms with Crippen LogP contribution in [0.1, 0.15) is 61.9 Å². The first kappa shape index (κ1) is 26.3. The van der Waals surface area contributed by atoms with Gasteiger partial charge < -0.3 is 24.2 Å². The van der Waals surface area contributed by atoms with Crippen LogP contribution in [0.4, 0.5) is 0 Å². The minimum Gasteiger partial charge on any atom is -0.507 e. The Hall–Kier alpha value is -3.32. The minimum absolute atomic E-state index is 0.0360. The van der Waals surface area contributed by atoms with Gasteiger partial charge in [-0.2, -0.15) is 0 Å². The molecule has 7 heteroatoms. The van der Waals surface area contributed by atoms with E-state index in [0.717, 1.165) is 11.1 Å². The summed E-state index contributed by atoms with van der Waals surface area (Å²) in [4.78, 5) is 27.9. The molecule has 1 aliphatic rings. The zero-order valence-electron chi connectivity index (χ0n) is 21.5. The van der Waals surface area contributed by atoms with Gasteiger partial charge >= 0.3 is 0 Å². The van der Waals surface area contributed by atoms with Crippen LogP contribution in [0.2, 0.25) is 0 Å². The second-order valence-electron chi connectivity index (χ2n) is 9.25. The SMILES string of the molecule is COCCN1C(=O)C(=O)/C(=C(/O)c2cc(C(C)C)c(OC)cc2C)C1c1ccccc1OC(C)C. The molecule has 1 unspecified atom stereocenters. The molecule has 1 saturated heterocycles. The number of rotatable bonds is 9. The number of amides is 1. The Kier molecular flexibility index (Phi) is 8.22.